The number of nitrogens with one attached hydrogen (secondary N) is 1. The zero-order valence-corrected chi connectivity index (χ0v) is 24.3. The lowest BCUT2D eigenvalue weighted by atomic mass is 10.1. The molecule has 1 aliphatic heterocycles. The fourth-order valence-electron chi connectivity index (χ4n) is 5.14. The van der Waals surface area contributed by atoms with Crippen LogP contribution in [-0.2, 0) is 16.1 Å². The second-order valence-electron chi connectivity index (χ2n) is 10.3. The number of methoxy groups -OCH3 is 1. The van der Waals surface area contributed by atoms with Crippen LogP contribution in [0.25, 0.3) is 11.1 Å². The van der Waals surface area contributed by atoms with Crippen LogP contribution in [0.2, 0.25) is 5.02 Å². The normalized spacial score (nSPS) is 13.4. The predicted molar refractivity (Wildman–Crippen MR) is 164 cm³/mol. The molecule has 4 aromatic rings. The van der Waals surface area contributed by atoms with E-state index < -0.39 is 11.7 Å². The number of halogens is 1. The van der Waals surface area contributed by atoms with Gasteiger partial charge >= 0.3 is 0 Å². The average Bonchev–Trinajstić information content (AvgIpc) is 3.40. The molecule has 0 radical (unpaired) electrons. The van der Waals surface area contributed by atoms with Gasteiger partial charge in [0.15, 0.2) is 0 Å². The summed E-state index contributed by atoms with van der Waals surface area (Å²) in [6.07, 6.45) is 1.84. The minimum atomic E-state index is -0.693. The van der Waals surface area contributed by atoms with Crippen molar-refractivity contribution in [2.75, 3.05) is 55.0 Å². The van der Waals surface area contributed by atoms with Crippen molar-refractivity contribution in [3.8, 4) is 11.1 Å². The summed E-state index contributed by atoms with van der Waals surface area (Å²) >= 11 is 6.17. The topological polar surface area (TPSA) is 79.7 Å². The largest absolute Gasteiger partial charge is 0.383 e. The molecule has 212 valence electrons. The van der Waals surface area contributed by atoms with E-state index in [1.54, 1.807) is 23.8 Å². The summed E-state index contributed by atoms with van der Waals surface area (Å²) in [7, 11) is 1.60. The molecule has 1 fully saturated rings. The first-order valence-electron chi connectivity index (χ1n) is 13.7. The predicted octanol–water partition coefficient (Wildman–Crippen LogP) is 5.61. The second kappa shape index (κ2) is 12.6. The number of piperazine rings is 1. The molecule has 0 spiro atoms. The third-order valence-corrected chi connectivity index (χ3v) is 7.44. The Balaban J connectivity index is 1.23. The van der Waals surface area contributed by atoms with Crippen LogP contribution >= 0.6 is 11.6 Å². The molecule has 0 aliphatic carbocycles. The number of hydrogen-bond donors (Lipinski definition) is 1. The first-order valence-corrected chi connectivity index (χ1v) is 14.0. The number of aromatic nitrogens is 2. The minimum Gasteiger partial charge on any atom is -0.383 e. The molecule has 1 amide bonds. The zero-order valence-electron chi connectivity index (χ0n) is 23.6. The lowest BCUT2D eigenvalue weighted by molar-refractivity contribution is -0.112. The Bertz CT molecular complexity index is 1520. The fraction of sp³-hybridized carbons (Fsp3) is 0.281. The van der Waals surface area contributed by atoms with E-state index in [9.17, 15) is 9.59 Å². The van der Waals surface area contributed by atoms with E-state index in [-0.39, 0.29) is 0 Å². The molecule has 0 bridgehead atoms. The highest BCUT2D eigenvalue weighted by molar-refractivity contribution is 6.46. The van der Waals surface area contributed by atoms with E-state index in [4.69, 9.17) is 21.3 Å². The van der Waals surface area contributed by atoms with Crippen LogP contribution in [0.4, 0.5) is 17.2 Å². The number of amides is 1. The Morgan fingerprint density at radius 3 is 2.34 bits per heavy atom. The van der Waals surface area contributed by atoms with Crippen LogP contribution in [0.3, 0.4) is 0 Å². The monoisotopic (exact) mass is 571 g/mol. The Kier molecular flexibility index (Phi) is 8.71. The molecule has 41 heavy (non-hydrogen) atoms. The number of carbonyl (C=O) groups excluding carboxylic acids is 2. The summed E-state index contributed by atoms with van der Waals surface area (Å²) in [5.41, 5.74) is 5.85. The van der Waals surface area contributed by atoms with Crippen LogP contribution in [0, 0.1) is 13.8 Å². The highest BCUT2D eigenvalue weighted by Crippen LogP contribution is 2.26. The maximum absolute atomic E-state index is 13.2. The van der Waals surface area contributed by atoms with Crippen LogP contribution < -0.4 is 15.1 Å². The van der Waals surface area contributed by atoms with E-state index in [0.717, 1.165) is 54.5 Å². The van der Waals surface area contributed by atoms with Gasteiger partial charge in [0.2, 0.25) is 0 Å². The highest BCUT2D eigenvalue weighted by Gasteiger charge is 2.23. The van der Waals surface area contributed by atoms with Crippen molar-refractivity contribution in [1.82, 2.24) is 9.55 Å². The van der Waals surface area contributed by atoms with Gasteiger partial charge in [0, 0.05) is 73.7 Å². The average molecular weight is 572 g/mol. The SMILES string of the molecule is COCCn1cc(-c2cccc(Cl)c2)cc1C(=O)C(=O)Nc1ccc(N2CCN(c3cc(C)cc(C)n3)CC2)cc1. The molecule has 1 saturated heterocycles. The van der Waals surface area contributed by atoms with E-state index in [1.165, 1.54) is 5.56 Å². The number of pyridine rings is 1. The third kappa shape index (κ3) is 6.78. The van der Waals surface area contributed by atoms with E-state index >= 15 is 0 Å². The van der Waals surface area contributed by atoms with Gasteiger partial charge in [0.1, 0.15) is 5.82 Å². The molecule has 0 atom stereocenters. The van der Waals surface area contributed by atoms with Gasteiger partial charge in [-0.2, -0.15) is 0 Å². The van der Waals surface area contributed by atoms with Gasteiger partial charge < -0.3 is 24.4 Å². The second-order valence-corrected chi connectivity index (χ2v) is 10.7. The van der Waals surface area contributed by atoms with Crippen molar-refractivity contribution in [1.29, 1.82) is 0 Å². The number of ketones is 1. The van der Waals surface area contributed by atoms with Crippen LogP contribution in [0.5, 0.6) is 0 Å². The maximum atomic E-state index is 13.2. The van der Waals surface area contributed by atoms with Crippen molar-refractivity contribution in [2.45, 2.75) is 20.4 Å². The molecule has 0 saturated carbocycles. The molecule has 0 unspecified atom stereocenters. The van der Waals surface area contributed by atoms with Crippen molar-refractivity contribution in [3.63, 3.8) is 0 Å². The Morgan fingerprint density at radius 1 is 0.927 bits per heavy atom. The fourth-order valence-corrected chi connectivity index (χ4v) is 5.33. The number of carbonyl (C=O) groups is 2. The lowest BCUT2D eigenvalue weighted by Gasteiger charge is -2.37. The summed E-state index contributed by atoms with van der Waals surface area (Å²) in [4.78, 5) is 35.6. The minimum absolute atomic E-state index is 0.294. The number of nitrogens with zero attached hydrogens (tertiary/aromatic N) is 4. The number of ether oxygens (including phenoxy) is 1. The molecule has 2 aromatic heterocycles. The van der Waals surface area contributed by atoms with Gasteiger partial charge in [-0.1, -0.05) is 23.7 Å². The Hall–Kier alpha value is -4.14. The first-order chi connectivity index (χ1) is 19.8. The Labute approximate surface area is 245 Å². The summed E-state index contributed by atoms with van der Waals surface area (Å²) < 4.78 is 6.95. The molecular weight excluding hydrogens is 538 g/mol. The summed E-state index contributed by atoms with van der Waals surface area (Å²) in [6, 6.07) is 20.9. The van der Waals surface area contributed by atoms with Gasteiger partial charge in [-0.3, -0.25) is 9.59 Å². The van der Waals surface area contributed by atoms with Gasteiger partial charge in [0.05, 0.1) is 12.3 Å². The van der Waals surface area contributed by atoms with Crippen LogP contribution in [0.15, 0.2) is 72.9 Å². The van der Waals surface area contributed by atoms with Crippen LogP contribution in [-0.4, -0.2) is 61.1 Å². The molecule has 1 aliphatic rings. The Morgan fingerprint density at radius 2 is 1.66 bits per heavy atom. The summed E-state index contributed by atoms with van der Waals surface area (Å²) in [5.74, 6) is -0.283. The molecule has 5 rings (SSSR count). The molecule has 8 nitrogen and oxygen atoms in total. The van der Waals surface area contributed by atoms with Crippen molar-refractivity contribution in [3.05, 3.63) is 94.9 Å². The number of benzene rings is 2. The lowest BCUT2D eigenvalue weighted by Crippen LogP contribution is -2.46. The molecule has 3 heterocycles. The summed E-state index contributed by atoms with van der Waals surface area (Å²) in [5, 5.41) is 3.36. The number of hydrogen-bond acceptors (Lipinski definition) is 6. The van der Waals surface area contributed by atoms with Gasteiger partial charge in [-0.05, 0) is 79.6 Å². The molecular formula is C32H34ClN5O3. The van der Waals surface area contributed by atoms with E-state index in [0.29, 0.717) is 29.6 Å². The van der Waals surface area contributed by atoms with Crippen LogP contribution in [0.1, 0.15) is 21.7 Å². The molecule has 2 aromatic carbocycles. The number of rotatable bonds is 9. The van der Waals surface area contributed by atoms with E-state index in [2.05, 4.69) is 34.2 Å². The quantitative estimate of drug-likeness (QED) is 0.208. The molecule has 1 N–H and O–H groups in total. The van der Waals surface area contributed by atoms with Crippen molar-refractivity contribution in [2.24, 2.45) is 0 Å². The van der Waals surface area contributed by atoms with Gasteiger partial charge in [-0.25, -0.2) is 4.98 Å². The van der Waals surface area contributed by atoms with Gasteiger partial charge in [-0.15, -0.1) is 0 Å². The number of Topliss-reactive ketones (excluding diaryl/α,β-unsaturated/α-hetero) is 1. The summed E-state index contributed by atoms with van der Waals surface area (Å²) in [6.45, 7) is 8.46. The smallest absolute Gasteiger partial charge is 0.298 e. The first kappa shape index (κ1) is 28.4. The maximum Gasteiger partial charge on any atom is 0.298 e. The van der Waals surface area contributed by atoms with Crippen molar-refractivity contribution < 1.29 is 14.3 Å². The standard InChI is InChI=1S/C32H34ClN5O3/c1-22-17-23(2)34-30(18-22)37-13-11-36(12-14-37)28-9-7-27(8-10-28)35-32(40)31(39)29-20-25(21-38(29)15-16-41-3)24-5-4-6-26(33)19-24/h4-10,17-21H,11-16H2,1-3H3,(H,35,40). The zero-order chi connectivity index (χ0) is 28.9. The number of aryl methyl sites for hydroxylation is 2. The van der Waals surface area contributed by atoms with E-state index in [1.807, 2.05) is 55.6 Å². The van der Waals surface area contributed by atoms with Gasteiger partial charge in [0.25, 0.3) is 11.7 Å². The van der Waals surface area contributed by atoms with Crippen molar-refractivity contribution >= 4 is 40.5 Å². The number of anilines is 3. The highest BCUT2D eigenvalue weighted by atomic mass is 35.5. The molecule has 9 heteroatoms. The third-order valence-electron chi connectivity index (χ3n) is 7.21.